The van der Waals surface area contributed by atoms with Gasteiger partial charge in [-0.25, -0.2) is 0 Å². The van der Waals surface area contributed by atoms with Gasteiger partial charge < -0.3 is 0 Å². The van der Waals surface area contributed by atoms with Crippen LogP contribution in [0.5, 0.6) is 0 Å². The maximum absolute atomic E-state index is 2.18. The van der Waals surface area contributed by atoms with Crippen molar-refractivity contribution in [3.63, 3.8) is 0 Å². The van der Waals surface area contributed by atoms with Gasteiger partial charge >= 0.3 is 0 Å². The zero-order valence-electron chi connectivity index (χ0n) is 7.54. The summed E-state index contributed by atoms with van der Waals surface area (Å²) in [4.78, 5) is 0. The van der Waals surface area contributed by atoms with Crippen molar-refractivity contribution < 1.29 is 19.5 Å². The Bertz CT molecular complexity index is 190. The maximum Gasteiger partial charge on any atom is 0 e. The molecule has 0 aliphatic heterocycles. The molecule has 2 rings (SSSR count). The molecular weight excluding hydrogens is 245 g/mol. The molecule has 0 unspecified atom stereocenters. The first kappa shape index (κ1) is 12.3. The van der Waals surface area contributed by atoms with Gasteiger partial charge in [0, 0.05) is 19.5 Å². The fourth-order valence-corrected chi connectivity index (χ4v) is 0.927. The molecule has 0 amide bonds. The summed E-state index contributed by atoms with van der Waals surface area (Å²) < 4.78 is 0. The summed E-state index contributed by atoms with van der Waals surface area (Å²) >= 11 is 0. The minimum absolute atomic E-state index is 0. The van der Waals surface area contributed by atoms with Crippen LogP contribution >= 0.6 is 0 Å². The summed E-state index contributed by atoms with van der Waals surface area (Å²) in [5.41, 5.74) is 0. The summed E-state index contributed by atoms with van der Waals surface area (Å²) in [6.45, 7) is 0. The first-order valence-electron chi connectivity index (χ1n) is 4.30. The van der Waals surface area contributed by atoms with Crippen molar-refractivity contribution in [2.75, 3.05) is 0 Å². The molecule has 13 heavy (non-hydrogen) atoms. The van der Waals surface area contributed by atoms with Crippen LogP contribution in [0.15, 0.2) is 60.7 Å². The van der Waals surface area contributed by atoms with Gasteiger partial charge in [-0.3, -0.25) is 0 Å². The van der Waals surface area contributed by atoms with E-state index >= 15 is 0 Å². The Kier molecular flexibility index (Phi) is 8.92. The van der Waals surface area contributed by atoms with Gasteiger partial charge in [-0.1, -0.05) is 60.7 Å². The Morgan fingerprint density at radius 3 is 0.846 bits per heavy atom. The van der Waals surface area contributed by atoms with Crippen molar-refractivity contribution in [1.82, 2.24) is 0 Å². The van der Waals surface area contributed by atoms with Gasteiger partial charge in [0.25, 0.3) is 0 Å². The number of hydrogen-bond acceptors (Lipinski definition) is 0. The normalized spacial score (nSPS) is 12.3. The van der Waals surface area contributed by atoms with Crippen LogP contribution in [0.1, 0.15) is 12.8 Å². The first-order valence-corrected chi connectivity index (χ1v) is 4.30. The van der Waals surface area contributed by atoms with Crippen LogP contribution in [0, 0.1) is 0 Å². The topological polar surface area (TPSA) is 0 Å². The van der Waals surface area contributed by atoms with Gasteiger partial charge in [-0.2, -0.15) is 0 Å². The summed E-state index contributed by atoms with van der Waals surface area (Å²) in [6.07, 6.45) is 11.0. The fourth-order valence-electron chi connectivity index (χ4n) is 0.927. The van der Waals surface area contributed by atoms with Gasteiger partial charge in [-0.05, 0) is 12.8 Å². The van der Waals surface area contributed by atoms with Crippen LogP contribution in [0.2, 0.25) is 0 Å². The van der Waals surface area contributed by atoms with Crippen LogP contribution in [0.4, 0.5) is 0 Å². The molecular formula is C12H14Ru. The minimum Gasteiger partial charge on any atom is -0.0844 e. The predicted octanol–water partition coefficient (Wildman–Crippen LogP) is 3.58. The standard InChI is InChI=1S/C6H8.C6H6.Ru/c2*1-2-4-6-5-3-1;/h1-2,5-6H,3-4H2;1-6H;. The third-order valence-electron chi connectivity index (χ3n) is 1.54. The number of rotatable bonds is 0. The average Bonchev–Trinajstić information content (AvgIpc) is 2.24. The molecule has 1 aromatic carbocycles. The molecule has 0 radical (unpaired) electrons. The van der Waals surface area contributed by atoms with E-state index in [1.165, 1.54) is 0 Å². The smallest absolute Gasteiger partial charge is 0 e. The van der Waals surface area contributed by atoms with Crippen LogP contribution < -0.4 is 0 Å². The van der Waals surface area contributed by atoms with E-state index in [0.717, 1.165) is 12.8 Å². The van der Waals surface area contributed by atoms with E-state index in [1.54, 1.807) is 0 Å². The number of allylic oxidation sites excluding steroid dienone is 4. The van der Waals surface area contributed by atoms with Gasteiger partial charge in [0.1, 0.15) is 0 Å². The molecule has 0 spiro atoms. The Morgan fingerprint density at radius 1 is 0.462 bits per heavy atom. The SMILES string of the molecule is C1=CCC=CC1.[Ru].c1ccccc1. The summed E-state index contributed by atoms with van der Waals surface area (Å²) in [5, 5.41) is 0. The molecule has 1 heteroatoms. The Morgan fingerprint density at radius 2 is 0.692 bits per heavy atom. The monoisotopic (exact) mass is 260 g/mol. The maximum atomic E-state index is 2.18. The van der Waals surface area contributed by atoms with E-state index in [-0.39, 0.29) is 19.5 Å². The van der Waals surface area contributed by atoms with Crippen molar-refractivity contribution >= 4 is 0 Å². The van der Waals surface area contributed by atoms with E-state index in [2.05, 4.69) is 24.3 Å². The van der Waals surface area contributed by atoms with E-state index in [1.807, 2.05) is 36.4 Å². The third-order valence-corrected chi connectivity index (χ3v) is 1.54. The van der Waals surface area contributed by atoms with E-state index in [0.29, 0.717) is 0 Å². The second kappa shape index (κ2) is 9.41. The molecule has 0 aromatic heterocycles. The van der Waals surface area contributed by atoms with E-state index in [9.17, 15) is 0 Å². The Hall–Kier alpha value is -0.677. The van der Waals surface area contributed by atoms with Crippen molar-refractivity contribution in [1.29, 1.82) is 0 Å². The van der Waals surface area contributed by atoms with Crippen LogP contribution in [-0.2, 0) is 19.5 Å². The molecule has 0 saturated heterocycles. The molecule has 0 saturated carbocycles. The molecule has 0 N–H and O–H groups in total. The predicted molar refractivity (Wildman–Crippen MR) is 54.0 cm³/mol. The van der Waals surface area contributed by atoms with Crippen LogP contribution in [0.25, 0.3) is 0 Å². The second-order valence-electron chi connectivity index (χ2n) is 2.57. The third kappa shape index (κ3) is 7.68. The number of benzene rings is 1. The van der Waals surface area contributed by atoms with Gasteiger partial charge in [0.15, 0.2) is 0 Å². The molecule has 0 nitrogen and oxygen atoms in total. The van der Waals surface area contributed by atoms with Gasteiger partial charge in [0.05, 0.1) is 0 Å². The molecule has 0 atom stereocenters. The summed E-state index contributed by atoms with van der Waals surface area (Å²) in [6, 6.07) is 12.0. The molecule has 0 heterocycles. The van der Waals surface area contributed by atoms with Crippen LogP contribution in [-0.4, -0.2) is 0 Å². The zero-order chi connectivity index (χ0) is 8.49. The molecule has 1 aliphatic carbocycles. The average molecular weight is 259 g/mol. The van der Waals surface area contributed by atoms with Crippen molar-refractivity contribution in [3.8, 4) is 0 Å². The van der Waals surface area contributed by atoms with Crippen molar-refractivity contribution in [2.45, 2.75) is 12.8 Å². The van der Waals surface area contributed by atoms with Crippen molar-refractivity contribution in [3.05, 3.63) is 60.7 Å². The largest absolute Gasteiger partial charge is 0.0844 e. The second-order valence-corrected chi connectivity index (χ2v) is 2.57. The molecule has 1 aliphatic rings. The van der Waals surface area contributed by atoms with Crippen molar-refractivity contribution in [2.24, 2.45) is 0 Å². The van der Waals surface area contributed by atoms with E-state index < -0.39 is 0 Å². The quantitative estimate of drug-likeness (QED) is 0.493. The molecule has 1 aromatic rings. The first-order chi connectivity index (χ1) is 6.00. The Labute approximate surface area is 93.1 Å². The zero-order valence-corrected chi connectivity index (χ0v) is 9.28. The van der Waals surface area contributed by atoms with E-state index in [4.69, 9.17) is 0 Å². The number of hydrogen-bond donors (Lipinski definition) is 0. The van der Waals surface area contributed by atoms with Gasteiger partial charge in [0.2, 0.25) is 0 Å². The van der Waals surface area contributed by atoms with Gasteiger partial charge in [-0.15, -0.1) is 0 Å². The molecule has 0 fully saturated rings. The summed E-state index contributed by atoms with van der Waals surface area (Å²) in [7, 11) is 0. The Balaban J connectivity index is 0.000000206. The molecule has 0 bridgehead atoms. The van der Waals surface area contributed by atoms with Crippen LogP contribution in [0.3, 0.4) is 0 Å². The minimum atomic E-state index is 0. The summed E-state index contributed by atoms with van der Waals surface area (Å²) in [5.74, 6) is 0. The molecule has 70 valence electrons. The fraction of sp³-hybridized carbons (Fsp3) is 0.167.